The third-order valence-corrected chi connectivity index (χ3v) is 7.01. The zero-order chi connectivity index (χ0) is 20.1. The number of carbonyl (C=O) groups is 1. The molecule has 0 fully saturated rings. The molecule has 0 unspecified atom stereocenters. The second-order valence-corrected chi connectivity index (χ2v) is 9.19. The number of methoxy groups -OCH3 is 1. The SMILES string of the molecule is COC(=O)c1c(NC(=S)NCCCn2cc(Br)c(C)n2)sc2c1CCCCC2. The minimum absolute atomic E-state index is 0.288. The van der Waals surface area contributed by atoms with Crippen LogP contribution in [0.2, 0.25) is 0 Å². The van der Waals surface area contributed by atoms with Crippen molar-refractivity contribution in [3.8, 4) is 0 Å². The lowest BCUT2D eigenvalue weighted by molar-refractivity contribution is 0.0601. The summed E-state index contributed by atoms with van der Waals surface area (Å²) in [4.78, 5) is 13.7. The van der Waals surface area contributed by atoms with Crippen molar-refractivity contribution < 1.29 is 9.53 Å². The zero-order valence-corrected chi connectivity index (χ0v) is 19.4. The average Bonchev–Trinajstić information content (AvgIpc) is 3.07. The molecular weight excluding hydrogens is 460 g/mol. The lowest BCUT2D eigenvalue weighted by atomic mass is 10.1. The van der Waals surface area contributed by atoms with Crippen molar-refractivity contribution in [2.45, 2.75) is 52.0 Å². The number of aryl methyl sites for hydroxylation is 3. The smallest absolute Gasteiger partial charge is 0.341 e. The van der Waals surface area contributed by atoms with Crippen LogP contribution < -0.4 is 10.6 Å². The number of hydrogen-bond acceptors (Lipinski definition) is 5. The van der Waals surface area contributed by atoms with E-state index in [0.29, 0.717) is 10.7 Å². The monoisotopic (exact) mass is 484 g/mol. The number of nitrogens with one attached hydrogen (secondary N) is 2. The van der Waals surface area contributed by atoms with Crippen molar-refractivity contribution in [3.05, 3.63) is 32.4 Å². The van der Waals surface area contributed by atoms with Gasteiger partial charge in [-0.2, -0.15) is 5.10 Å². The van der Waals surface area contributed by atoms with Gasteiger partial charge in [0, 0.05) is 24.2 Å². The Bertz CT molecular complexity index is 843. The van der Waals surface area contributed by atoms with Gasteiger partial charge < -0.3 is 15.4 Å². The molecule has 0 bridgehead atoms. The Hall–Kier alpha value is -1.45. The van der Waals surface area contributed by atoms with Crippen molar-refractivity contribution in [3.63, 3.8) is 0 Å². The van der Waals surface area contributed by atoms with Crippen LogP contribution in [0.5, 0.6) is 0 Å². The molecule has 9 heteroatoms. The standard InChI is InChI=1S/C19H25BrN4O2S2/c1-12-14(20)11-24(23-12)10-6-9-21-19(27)22-17-16(18(25)26-2)13-7-4-3-5-8-15(13)28-17/h11H,3-10H2,1-2H3,(H2,21,22,27). The largest absolute Gasteiger partial charge is 0.465 e. The quantitative estimate of drug-likeness (QED) is 0.273. The second kappa shape index (κ2) is 9.84. The molecule has 2 heterocycles. The fourth-order valence-electron chi connectivity index (χ4n) is 3.35. The van der Waals surface area contributed by atoms with Crippen LogP contribution in [0.4, 0.5) is 5.00 Å². The molecule has 1 aliphatic carbocycles. The summed E-state index contributed by atoms with van der Waals surface area (Å²) in [5.41, 5.74) is 2.78. The number of rotatable bonds is 6. The first-order valence-corrected chi connectivity index (χ1v) is 11.5. The topological polar surface area (TPSA) is 68.2 Å². The number of thiophene rings is 1. The van der Waals surface area contributed by atoms with Gasteiger partial charge in [0.1, 0.15) is 5.00 Å². The third-order valence-electron chi connectivity index (χ3n) is 4.77. The van der Waals surface area contributed by atoms with Crippen molar-refractivity contribution in [1.82, 2.24) is 15.1 Å². The molecule has 0 atom stereocenters. The molecule has 0 aliphatic heterocycles. The summed E-state index contributed by atoms with van der Waals surface area (Å²) in [7, 11) is 1.43. The number of ether oxygens (including phenoxy) is 1. The maximum atomic E-state index is 12.4. The number of halogens is 1. The number of aromatic nitrogens is 2. The van der Waals surface area contributed by atoms with Gasteiger partial charge in [0.15, 0.2) is 5.11 Å². The van der Waals surface area contributed by atoms with Crippen LogP contribution in [-0.4, -0.2) is 34.5 Å². The van der Waals surface area contributed by atoms with Crippen LogP contribution in [0.25, 0.3) is 0 Å². The molecule has 152 valence electrons. The van der Waals surface area contributed by atoms with Crippen LogP contribution in [0, 0.1) is 6.92 Å². The molecule has 1 aliphatic rings. The molecule has 28 heavy (non-hydrogen) atoms. The summed E-state index contributed by atoms with van der Waals surface area (Å²) >= 11 is 10.5. The number of fused-ring (bicyclic) bond motifs is 1. The fraction of sp³-hybridized carbons (Fsp3) is 0.526. The predicted molar refractivity (Wildman–Crippen MR) is 120 cm³/mol. The molecule has 0 amide bonds. The molecule has 3 rings (SSSR count). The van der Waals surface area contributed by atoms with E-state index in [9.17, 15) is 4.79 Å². The zero-order valence-electron chi connectivity index (χ0n) is 16.1. The van der Waals surface area contributed by atoms with Crippen LogP contribution in [-0.2, 0) is 24.1 Å². The van der Waals surface area contributed by atoms with Crippen LogP contribution >= 0.6 is 39.5 Å². The van der Waals surface area contributed by atoms with E-state index in [1.807, 2.05) is 17.8 Å². The van der Waals surface area contributed by atoms with Crippen molar-refractivity contribution >= 4 is 55.6 Å². The highest BCUT2D eigenvalue weighted by Crippen LogP contribution is 2.37. The lowest BCUT2D eigenvalue weighted by Crippen LogP contribution is -2.30. The number of hydrogen-bond donors (Lipinski definition) is 2. The average molecular weight is 485 g/mol. The highest BCUT2D eigenvalue weighted by atomic mass is 79.9. The normalized spacial score (nSPS) is 13.5. The van der Waals surface area contributed by atoms with Gasteiger partial charge in [0.05, 0.1) is 22.8 Å². The Morgan fingerprint density at radius 1 is 1.39 bits per heavy atom. The van der Waals surface area contributed by atoms with Crippen LogP contribution in [0.15, 0.2) is 10.7 Å². The van der Waals surface area contributed by atoms with E-state index in [1.165, 1.54) is 24.8 Å². The number of carbonyl (C=O) groups excluding carboxylic acids is 1. The highest BCUT2D eigenvalue weighted by molar-refractivity contribution is 9.10. The first kappa shape index (κ1) is 21.3. The first-order valence-electron chi connectivity index (χ1n) is 9.47. The molecule has 0 saturated heterocycles. The molecule has 0 saturated carbocycles. The Morgan fingerprint density at radius 2 is 2.18 bits per heavy atom. The van der Waals surface area contributed by atoms with Gasteiger partial charge in [-0.25, -0.2) is 4.79 Å². The lowest BCUT2D eigenvalue weighted by Gasteiger charge is -2.11. The maximum absolute atomic E-state index is 12.4. The summed E-state index contributed by atoms with van der Waals surface area (Å²) in [6.07, 6.45) is 8.30. The van der Waals surface area contributed by atoms with E-state index < -0.39 is 0 Å². The summed E-state index contributed by atoms with van der Waals surface area (Å²) in [6, 6.07) is 0. The molecular formula is C19H25BrN4O2S2. The molecule has 6 nitrogen and oxygen atoms in total. The highest BCUT2D eigenvalue weighted by Gasteiger charge is 2.25. The Balaban J connectivity index is 1.58. The van der Waals surface area contributed by atoms with Gasteiger partial charge in [0.25, 0.3) is 0 Å². The summed E-state index contributed by atoms with van der Waals surface area (Å²) in [5, 5.41) is 12.2. The first-order chi connectivity index (χ1) is 13.5. The maximum Gasteiger partial charge on any atom is 0.341 e. The van der Waals surface area contributed by atoms with E-state index in [-0.39, 0.29) is 5.97 Å². The van der Waals surface area contributed by atoms with Crippen LogP contribution in [0.3, 0.4) is 0 Å². The van der Waals surface area contributed by atoms with Crippen LogP contribution in [0.1, 0.15) is 52.2 Å². The van der Waals surface area contributed by atoms with E-state index >= 15 is 0 Å². The van der Waals surface area contributed by atoms with E-state index in [0.717, 1.165) is 59.5 Å². The predicted octanol–water partition coefficient (Wildman–Crippen LogP) is 4.45. The minimum atomic E-state index is -0.288. The summed E-state index contributed by atoms with van der Waals surface area (Å²) in [5.74, 6) is -0.288. The van der Waals surface area contributed by atoms with E-state index in [1.54, 1.807) is 11.3 Å². The van der Waals surface area contributed by atoms with Crippen molar-refractivity contribution in [1.29, 1.82) is 0 Å². The number of nitrogens with zero attached hydrogens (tertiary/aromatic N) is 2. The van der Waals surface area contributed by atoms with Crippen molar-refractivity contribution in [2.24, 2.45) is 0 Å². The van der Waals surface area contributed by atoms with E-state index in [2.05, 4.69) is 31.7 Å². The fourth-order valence-corrected chi connectivity index (χ4v) is 5.21. The second-order valence-electron chi connectivity index (χ2n) is 6.82. The van der Waals surface area contributed by atoms with Gasteiger partial charge in [0.2, 0.25) is 0 Å². The Labute approximate surface area is 183 Å². The number of esters is 1. The molecule has 2 aromatic rings. The molecule has 2 aromatic heterocycles. The van der Waals surface area contributed by atoms with Gasteiger partial charge in [-0.3, -0.25) is 4.68 Å². The summed E-state index contributed by atoms with van der Waals surface area (Å²) in [6.45, 7) is 3.50. The van der Waals surface area contributed by atoms with Gasteiger partial charge in [-0.05, 0) is 72.7 Å². The van der Waals surface area contributed by atoms with E-state index in [4.69, 9.17) is 17.0 Å². The van der Waals surface area contributed by atoms with Crippen molar-refractivity contribution in [2.75, 3.05) is 19.0 Å². The minimum Gasteiger partial charge on any atom is -0.465 e. The molecule has 0 spiro atoms. The van der Waals surface area contributed by atoms with Gasteiger partial charge in [-0.15, -0.1) is 11.3 Å². The molecule has 2 N–H and O–H groups in total. The summed E-state index contributed by atoms with van der Waals surface area (Å²) < 4.78 is 7.97. The Kier molecular flexibility index (Phi) is 7.48. The molecule has 0 radical (unpaired) electrons. The number of thiocarbonyl (C=S) groups is 1. The number of anilines is 1. The molecule has 0 aromatic carbocycles. The third kappa shape index (κ3) is 5.12. The van der Waals surface area contributed by atoms with Gasteiger partial charge >= 0.3 is 5.97 Å². The Morgan fingerprint density at radius 3 is 2.89 bits per heavy atom. The van der Waals surface area contributed by atoms with Gasteiger partial charge in [-0.1, -0.05) is 6.42 Å².